The lowest BCUT2D eigenvalue weighted by molar-refractivity contribution is -0.00177. The largest absolute Gasteiger partial charge is 0.387 e. The molecule has 4 N–H and O–H groups in total. The molecular weight excluding hydrogens is 432 g/mol. The fourth-order valence-electron chi connectivity index (χ4n) is 3.64. The standard InChI is InChI=1S/C22H27F2N7O2/c1-22(2,33)17(24)12-27-21(32)13-11-26-19(10-16(13)28-15-5-3-4-14(15)23)29-18-6-7-20-25-8-9-31(20)30-18/h6-11,14-15,17,33H,3-5,12H2,1-2H3,(H,27,32)(H2,26,28,29,30). The van der Waals surface area contributed by atoms with Crippen molar-refractivity contribution in [2.75, 3.05) is 17.2 Å². The van der Waals surface area contributed by atoms with Crippen LogP contribution >= 0.6 is 0 Å². The minimum absolute atomic E-state index is 0.153. The average Bonchev–Trinajstić information content (AvgIpc) is 3.39. The van der Waals surface area contributed by atoms with Gasteiger partial charge < -0.3 is 21.1 Å². The highest BCUT2D eigenvalue weighted by atomic mass is 19.1. The van der Waals surface area contributed by atoms with Crippen molar-refractivity contribution in [2.24, 2.45) is 0 Å². The number of carbonyl (C=O) groups excluding carboxylic acids is 1. The van der Waals surface area contributed by atoms with Gasteiger partial charge in [-0.15, -0.1) is 5.10 Å². The molecule has 1 fully saturated rings. The maximum Gasteiger partial charge on any atom is 0.255 e. The van der Waals surface area contributed by atoms with Crippen molar-refractivity contribution in [1.82, 2.24) is 24.9 Å². The molecule has 11 heteroatoms. The predicted octanol–water partition coefficient (Wildman–Crippen LogP) is 3.01. The molecule has 3 atom stereocenters. The minimum atomic E-state index is -1.65. The molecule has 1 aliphatic carbocycles. The molecule has 0 bridgehead atoms. The van der Waals surface area contributed by atoms with Crippen LogP contribution in [0.2, 0.25) is 0 Å². The molecule has 3 heterocycles. The molecule has 0 spiro atoms. The van der Waals surface area contributed by atoms with E-state index >= 15 is 0 Å². The Bertz CT molecular complexity index is 1130. The van der Waals surface area contributed by atoms with E-state index in [1.807, 2.05) is 0 Å². The van der Waals surface area contributed by atoms with Crippen molar-refractivity contribution >= 4 is 28.9 Å². The van der Waals surface area contributed by atoms with Gasteiger partial charge in [-0.05, 0) is 45.2 Å². The molecule has 0 aliphatic heterocycles. The van der Waals surface area contributed by atoms with Crippen molar-refractivity contribution in [3.8, 4) is 0 Å². The van der Waals surface area contributed by atoms with Crippen LogP contribution in [0.5, 0.6) is 0 Å². The quantitative estimate of drug-likeness (QED) is 0.409. The zero-order valence-electron chi connectivity index (χ0n) is 18.4. The molecule has 3 aromatic heterocycles. The van der Waals surface area contributed by atoms with Crippen molar-refractivity contribution in [2.45, 2.75) is 57.1 Å². The molecule has 3 unspecified atom stereocenters. The van der Waals surface area contributed by atoms with Gasteiger partial charge in [0, 0.05) is 24.7 Å². The zero-order valence-corrected chi connectivity index (χ0v) is 18.4. The van der Waals surface area contributed by atoms with Gasteiger partial charge in [-0.2, -0.15) is 0 Å². The molecule has 4 rings (SSSR count). The predicted molar refractivity (Wildman–Crippen MR) is 120 cm³/mol. The van der Waals surface area contributed by atoms with E-state index in [2.05, 4.69) is 31.0 Å². The van der Waals surface area contributed by atoms with Gasteiger partial charge in [-0.25, -0.2) is 23.3 Å². The molecule has 9 nitrogen and oxygen atoms in total. The summed E-state index contributed by atoms with van der Waals surface area (Å²) in [6, 6.07) is 4.70. The number of hydrogen-bond acceptors (Lipinski definition) is 7. The van der Waals surface area contributed by atoms with Crippen molar-refractivity contribution in [1.29, 1.82) is 0 Å². The monoisotopic (exact) mass is 459 g/mol. The first-order valence-corrected chi connectivity index (χ1v) is 10.8. The Morgan fingerprint density at radius 3 is 2.85 bits per heavy atom. The molecule has 176 valence electrons. The van der Waals surface area contributed by atoms with Gasteiger partial charge >= 0.3 is 0 Å². The third-order valence-electron chi connectivity index (χ3n) is 5.64. The highest BCUT2D eigenvalue weighted by molar-refractivity contribution is 5.99. The molecule has 1 amide bonds. The number of alkyl halides is 2. The van der Waals surface area contributed by atoms with Gasteiger partial charge in [0.05, 0.1) is 29.4 Å². The maximum atomic E-state index is 14.3. The summed E-state index contributed by atoms with van der Waals surface area (Å²) in [4.78, 5) is 21.2. The van der Waals surface area contributed by atoms with Gasteiger partial charge in [-0.1, -0.05) is 0 Å². The smallest absolute Gasteiger partial charge is 0.255 e. The molecule has 33 heavy (non-hydrogen) atoms. The van der Waals surface area contributed by atoms with Crippen LogP contribution in [0.25, 0.3) is 5.65 Å². The first-order valence-electron chi connectivity index (χ1n) is 10.8. The van der Waals surface area contributed by atoms with E-state index in [4.69, 9.17) is 0 Å². The summed E-state index contributed by atoms with van der Waals surface area (Å²) in [5.74, 6) is 0.329. The number of amides is 1. The Labute approximate surface area is 189 Å². The van der Waals surface area contributed by atoms with Crippen molar-refractivity contribution in [3.63, 3.8) is 0 Å². The molecule has 1 aliphatic rings. The molecule has 1 saturated carbocycles. The number of nitrogens with zero attached hydrogens (tertiary/aromatic N) is 4. The van der Waals surface area contributed by atoms with E-state index in [9.17, 15) is 18.7 Å². The second-order valence-corrected chi connectivity index (χ2v) is 8.72. The second-order valence-electron chi connectivity index (χ2n) is 8.72. The highest BCUT2D eigenvalue weighted by Gasteiger charge is 2.29. The Kier molecular flexibility index (Phi) is 6.41. The Morgan fingerprint density at radius 1 is 1.30 bits per heavy atom. The summed E-state index contributed by atoms with van der Waals surface area (Å²) < 4.78 is 30.0. The van der Waals surface area contributed by atoms with Crippen LogP contribution in [0.15, 0.2) is 36.8 Å². The fourth-order valence-corrected chi connectivity index (χ4v) is 3.64. The summed E-state index contributed by atoms with van der Waals surface area (Å²) >= 11 is 0. The third kappa shape index (κ3) is 5.36. The number of hydrogen-bond donors (Lipinski definition) is 4. The molecular formula is C22H27F2N7O2. The van der Waals surface area contributed by atoms with Crippen LogP contribution in [0, 0.1) is 0 Å². The number of carbonyl (C=O) groups is 1. The number of nitrogens with one attached hydrogen (secondary N) is 3. The highest BCUT2D eigenvalue weighted by Crippen LogP contribution is 2.28. The first-order chi connectivity index (χ1) is 15.7. The lowest BCUT2D eigenvalue weighted by Gasteiger charge is -2.23. The summed E-state index contributed by atoms with van der Waals surface area (Å²) in [6.45, 7) is 2.29. The number of imidazole rings is 1. The van der Waals surface area contributed by atoms with Gasteiger partial charge in [-0.3, -0.25) is 4.79 Å². The SMILES string of the molecule is CC(C)(O)C(F)CNC(=O)c1cnc(Nc2ccc3nccn3n2)cc1NC1CCCC1F. The van der Waals surface area contributed by atoms with E-state index < -0.39 is 29.9 Å². The Hall–Kier alpha value is -3.34. The van der Waals surface area contributed by atoms with Gasteiger partial charge in [0.25, 0.3) is 5.91 Å². The summed E-state index contributed by atoms with van der Waals surface area (Å²) in [7, 11) is 0. The van der Waals surface area contributed by atoms with Gasteiger partial charge in [0.2, 0.25) is 0 Å². The van der Waals surface area contributed by atoms with Crippen LogP contribution < -0.4 is 16.0 Å². The van der Waals surface area contributed by atoms with Crippen molar-refractivity contribution < 1.29 is 18.7 Å². The van der Waals surface area contributed by atoms with Gasteiger partial charge in [0.1, 0.15) is 18.2 Å². The van der Waals surface area contributed by atoms with Crippen LogP contribution in [0.4, 0.5) is 26.1 Å². The van der Waals surface area contributed by atoms with E-state index in [-0.39, 0.29) is 12.1 Å². The number of pyridine rings is 1. The summed E-state index contributed by atoms with van der Waals surface area (Å²) in [6.07, 6.45) is 3.85. The number of aliphatic hydroxyl groups is 1. The molecule has 0 saturated heterocycles. The Balaban J connectivity index is 1.56. The number of halogens is 2. The normalized spacial score (nSPS) is 19.4. The first kappa shape index (κ1) is 22.8. The van der Waals surface area contributed by atoms with Crippen LogP contribution in [0.3, 0.4) is 0 Å². The van der Waals surface area contributed by atoms with Crippen LogP contribution in [-0.4, -0.2) is 61.1 Å². The van der Waals surface area contributed by atoms with E-state index in [1.165, 1.54) is 20.0 Å². The van der Waals surface area contributed by atoms with Gasteiger partial charge in [0.15, 0.2) is 11.5 Å². The van der Waals surface area contributed by atoms with Crippen molar-refractivity contribution in [3.05, 3.63) is 42.4 Å². The summed E-state index contributed by atoms with van der Waals surface area (Å²) in [5.41, 5.74) is -0.368. The minimum Gasteiger partial charge on any atom is -0.387 e. The van der Waals surface area contributed by atoms with Crippen LogP contribution in [0.1, 0.15) is 43.5 Å². The van der Waals surface area contributed by atoms with E-state index in [0.29, 0.717) is 35.8 Å². The fraction of sp³-hybridized carbons (Fsp3) is 0.455. The zero-order chi connectivity index (χ0) is 23.6. The molecule has 0 aromatic carbocycles. The van der Waals surface area contributed by atoms with E-state index in [0.717, 1.165) is 6.42 Å². The van der Waals surface area contributed by atoms with Crippen LogP contribution in [-0.2, 0) is 0 Å². The van der Waals surface area contributed by atoms with E-state index in [1.54, 1.807) is 35.1 Å². The lowest BCUT2D eigenvalue weighted by Crippen LogP contribution is -2.42. The Morgan fingerprint density at radius 2 is 2.12 bits per heavy atom. The summed E-state index contributed by atoms with van der Waals surface area (Å²) in [5, 5.41) is 22.8. The lowest BCUT2D eigenvalue weighted by atomic mass is 10.0. The average molecular weight is 460 g/mol. The molecule has 0 radical (unpaired) electrons. The second kappa shape index (κ2) is 9.26. The number of fused-ring (bicyclic) bond motifs is 1. The number of aromatic nitrogens is 4. The topological polar surface area (TPSA) is 116 Å². The third-order valence-corrected chi connectivity index (χ3v) is 5.64. The maximum absolute atomic E-state index is 14.3. The number of rotatable bonds is 8. The molecule has 3 aromatic rings. The number of anilines is 3.